The van der Waals surface area contributed by atoms with E-state index >= 15 is 0 Å². The Balaban J connectivity index is 2.22. The standard InChI is InChI=1S/C20H21ClN2O3S/c1-13-11-17(18(26-2)12-15(13)21)23-19(25)14-7-3-4-8-16(14)22-20(23)27-10-6-5-9-24/h3-4,7-8,11-12,24H,5-6,9-10H2,1-2H3. The molecule has 142 valence electrons. The van der Waals surface area contributed by atoms with Crippen molar-refractivity contribution in [2.45, 2.75) is 24.9 Å². The summed E-state index contributed by atoms with van der Waals surface area (Å²) in [6.45, 7) is 2.04. The quantitative estimate of drug-likeness (QED) is 0.363. The molecule has 2 aromatic carbocycles. The fourth-order valence-electron chi connectivity index (χ4n) is 2.79. The van der Waals surface area contributed by atoms with Crippen molar-refractivity contribution in [3.05, 3.63) is 57.3 Å². The minimum absolute atomic E-state index is 0.148. The van der Waals surface area contributed by atoms with Crippen LogP contribution in [0.25, 0.3) is 16.6 Å². The number of fused-ring (bicyclic) bond motifs is 1. The maximum absolute atomic E-state index is 13.3. The second-order valence-corrected chi connectivity index (χ2v) is 7.57. The van der Waals surface area contributed by atoms with E-state index in [4.69, 9.17) is 26.4 Å². The van der Waals surface area contributed by atoms with Gasteiger partial charge < -0.3 is 9.84 Å². The normalized spacial score (nSPS) is 11.1. The molecule has 0 aliphatic carbocycles. The first-order valence-electron chi connectivity index (χ1n) is 8.66. The maximum Gasteiger partial charge on any atom is 0.266 e. The first kappa shape index (κ1) is 19.7. The van der Waals surface area contributed by atoms with Crippen molar-refractivity contribution in [1.29, 1.82) is 0 Å². The van der Waals surface area contributed by atoms with Crippen LogP contribution < -0.4 is 10.3 Å². The smallest absolute Gasteiger partial charge is 0.266 e. The molecule has 0 aliphatic rings. The number of halogens is 1. The predicted octanol–water partition coefficient (Wildman–Crippen LogP) is 4.22. The van der Waals surface area contributed by atoms with E-state index in [1.807, 2.05) is 31.2 Å². The van der Waals surface area contributed by atoms with Crippen molar-refractivity contribution >= 4 is 34.3 Å². The Morgan fingerprint density at radius 2 is 2.04 bits per heavy atom. The zero-order chi connectivity index (χ0) is 19.4. The number of thioether (sulfide) groups is 1. The maximum atomic E-state index is 13.3. The number of para-hydroxylation sites is 1. The van der Waals surface area contributed by atoms with Crippen molar-refractivity contribution in [1.82, 2.24) is 9.55 Å². The average molecular weight is 405 g/mol. The van der Waals surface area contributed by atoms with E-state index in [2.05, 4.69) is 0 Å². The molecule has 5 nitrogen and oxygen atoms in total. The molecule has 0 fully saturated rings. The molecule has 27 heavy (non-hydrogen) atoms. The zero-order valence-electron chi connectivity index (χ0n) is 15.2. The Labute approximate surface area is 167 Å². The summed E-state index contributed by atoms with van der Waals surface area (Å²) in [5.41, 5.74) is 1.98. The Kier molecular flexibility index (Phi) is 6.42. The minimum atomic E-state index is -0.148. The summed E-state index contributed by atoms with van der Waals surface area (Å²) in [7, 11) is 1.55. The van der Waals surface area contributed by atoms with Gasteiger partial charge in [-0.2, -0.15) is 0 Å². The second kappa shape index (κ2) is 8.78. The van der Waals surface area contributed by atoms with Crippen molar-refractivity contribution in [3.8, 4) is 11.4 Å². The summed E-state index contributed by atoms with van der Waals surface area (Å²) in [5.74, 6) is 1.27. The van der Waals surface area contributed by atoms with Gasteiger partial charge >= 0.3 is 0 Å². The van der Waals surface area contributed by atoms with Crippen LogP contribution in [0.5, 0.6) is 5.75 Å². The number of benzene rings is 2. The van der Waals surface area contributed by atoms with Gasteiger partial charge in [0, 0.05) is 23.4 Å². The summed E-state index contributed by atoms with van der Waals surface area (Å²) < 4.78 is 7.08. The molecule has 1 heterocycles. The van der Waals surface area contributed by atoms with Crippen LogP contribution in [0.1, 0.15) is 18.4 Å². The fraction of sp³-hybridized carbons (Fsp3) is 0.300. The number of aryl methyl sites for hydroxylation is 1. The topological polar surface area (TPSA) is 64.3 Å². The van der Waals surface area contributed by atoms with Crippen LogP contribution >= 0.6 is 23.4 Å². The summed E-state index contributed by atoms with van der Waals surface area (Å²) in [6.07, 6.45) is 1.55. The van der Waals surface area contributed by atoms with Gasteiger partial charge in [0.05, 0.1) is 23.7 Å². The molecule has 0 aliphatic heterocycles. The molecule has 3 rings (SSSR count). The Bertz CT molecular complexity index is 1020. The molecule has 0 amide bonds. The van der Waals surface area contributed by atoms with Gasteiger partial charge in [-0.05, 0) is 43.5 Å². The summed E-state index contributed by atoms with van der Waals surface area (Å²) in [4.78, 5) is 18.0. The zero-order valence-corrected chi connectivity index (χ0v) is 16.8. The Hall–Kier alpha value is -2.02. The number of ether oxygens (including phenoxy) is 1. The number of aliphatic hydroxyl groups is 1. The van der Waals surface area contributed by atoms with Gasteiger partial charge in [-0.25, -0.2) is 4.98 Å². The van der Waals surface area contributed by atoms with Crippen LogP contribution in [0.3, 0.4) is 0 Å². The van der Waals surface area contributed by atoms with Gasteiger partial charge in [0.2, 0.25) is 0 Å². The van der Waals surface area contributed by atoms with Gasteiger partial charge in [0.1, 0.15) is 5.75 Å². The molecule has 0 unspecified atom stereocenters. The number of unbranched alkanes of at least 4 members (excludes halogenated alkanes) is 1. The third-order valence-corrected chi connectivity index (χ3v) is 5.66. The van der Waals surface area contributed by atoms with Crippen LogP contribution in [-0.4, -0.2) is 34.1 Å². The molecule has 1 aromatic heterocycles. The van der Waals surface area contributed by atoms with E-state index in [0.29, 0.717) is 38.9 Å². The van der Waals surface area contributed by atoms with Crippen LogP contribution in [0.2, 0.25) is 5.02 Å². The summed E-state index contributed by atoms with van der Waals surface area (Å²) in [6, 6.07) is 10.9. The molecule has 0 radical (unpaired) electrons. The van der Waals surface area contributed by atoms with E-state index in [9.17, 15) is 4.79 Å². The third kappa shape index (κ3) is 4.13. The molecule has 0 bridgehead atoms. The molecular weight excluding hydrogens is 384 g/mol. The average Bonchev–Trinajstić information content (AvgIpc) is 2.67. The molecule has 1 N–H and O–H groups in total. The van der Waals surface area contributed by atoms with E-state index in [-0.39, 0.29) is 12.2 Å². The van der Waals surface area contributed by atoms with Crippen LogP contribution in [0, 0.1) is 6.92 Å². The van der Waals surface area contributed by atoms with E-state index < -0.39 is 0 Å². The number of nitrogens with zero attached hydrogens (tertiary/aromatic N) is 2. The molecule has 0 saturated carbocycles. The first-order chi connectivity index (χ1) is 13.1. The summed E-state index contributed by atoms with van der Waals surface area (Å²) >= 11 is 7.73. The molecule has 3 aromatic rings. The minimum Gasteiger partial charge on any atom is -0.495 e. The number of hydrogen-bond donors (Lipinski definition) is 1. The van der Waals surface area contributed by atoms with E-state index in [1.54, 1.807) is 23.8 Å². The highest BCUT2D eigenvalue weighted by Gasteiger charge is 2.17. The van der Waals surface area contributed by atoms with Crippen molar-refractivity contribution in [3.63, 3.8) is 0 Å². The van der Waals surface area contributed by atoms with Crippen molar-refractivity contribution in [2.24, 2.45) is 0 Å². The Morgan fingerprint density at radius 3 is 2.78 bits per heavy atom. The SMILES string of the molecule is COc1cc(Cl)c(C)cc1-n1c(SCCCCO)nc2ccccc2c1=O. The van der Waals surface area contributed by atoms with E-state index in [0.717, 1.165) is 17.7 Å². The predicted molar refractivity (Wildman–Crippen MR) is 111 cm³/mol. The van der Waals surface area contributed by atoms with Crippen LogP contribution in [0.15, 0.2) is 46.3 Å². The molecular formula is C20H21ClN2O3S. The van der Waals surface area contributed by atoms with Gasteiger partial charge in [0.15, 0.2) is 5.16 Å². The fourth-order valence-corrected chi connectivity index (χ4v) is 3.94. The largest absolute Gasteiger partial charge is 0.495 e. The highest BCUT2D eigenvalue weighted by Crippen LogP contribution is 2.32. The first-order valence-corrected chi connectivity index (χ1v) is 10.0. The third-order valence-electron chi connectivity index (χ3n) is 4.23. The lowest BCUT2D eigenvalue weighted by atomic mass is 10.2. The highest BCUT2D eigenvalue weighted by atomic mass is 35.5. The monoisotopic (exact) mass is 404 g/mol. The molecule has 7 heteroatoms. The molecule has 0 atom stereocenters. The lowest BCUT2D eigenvalue weighted by molar-refractivity contribution is 0.287. The van der Waals surface area contributed by atoms with Crippen molar-refractivity contribution < 1.29 is 9.84 Å². The van der Waals surface area contributed by atoms with E-state index in [1.165, 1.54) is 11.8 Å². The lowest BCUT2D eigenvalue weighted by Crippen LogP contribution is -2.22. The number of aliphatic hydroxyl groups excluding tert-OH is 1. The van der Waals surface area contributed by atoms with Crippen molar-refractivity contribution in [2.75, 3.05) is 19.5 Å². The number of methoxy groups -OCH3 is 1. The number of aromatic nitrogens is 2. The van der Waals surface area contributed by atoms with Crippen LogP contribution in [0.4, 0.5) is 0 Å². The summed E-state index contributed by atoms with van der Waals surface area (Å²) in [5, 5.41) is 10.7. The molecule has 0 spiro atoms. The Morgan fingerprint density at radius 1 is 1.26 bits per heavy atom. The second-order valence-electron chi connectivity index (χ2n) is 6.10. The van der Waals surface area contributed by atoms with Gasteiger partial charge in [-0.3, -0.25) is 9.36 Å². The highest BCUT2D eigenvalue weighted by molar-refractivity contribution is 7.99. The van der Waals surface area contributed by atoms with Crippen LogP contribution in [-0.2, 0) is 0 Å². The van der Waals surface area contributed by atoms with Gasteiger partial charge in [0.25, 0.3) is 5.56 Å². The lowest BCUT2D eigenvalue weighted by Gasteiger charge is -2.17. The molecule has 0 saturated heterocycles. The number of hydrogen-bond acceptors (Lipinski definition) is 5. The van der Waals surface area contributed by atoms with Gasteiger partial charge in [-0.1, -0.05) is 35.5 Å². The number of rotatable bonds is 7. The van der Waals surface area contributed by atoms with Gasteiger partial charge in [-0.15, -0.1) is 0 Å².